The monoisotopic (exact) mass is 756 g/mol. The van der Waals surface area contributed by atoms with Crippen LogP contribution < -0.4 is 15.8 Å². The van der Waals surface area contributed by atoms with E-state index in [0.29, 0.717) is 15.6 Å². The number of alkyl carbamates (subject to hydrolysis) is 1. The summed E-state index contributed by atoms with van der Waals surface area (Å²) in [7, 11) is 0. The fraction of sp³-hybridized carbons (Fsp3) is 0.636. The topological polar surface area (TPSA) is 157 Å². The molecular formula is C33H49BrN4O7S2. The molecule has 4 N–H and O–H groups in total. The highest BCUT2D eigenvalue weighted by molar-refractivity contribution is 9.10. The average molecular weight is 758 g/mol. The number of rotatable bonds is 14. The summed E-state index contributed by atoms with van der Waals surface area (Å²) in [5, 5.41) is 2.35. The van der Waals surface area contributed by atoms with E-state index in [0.717, 1.165) is 10.9 Å². The molecule has 1 saturated heterocycles. The molecule has 11 nitrogen and oxygen atoms in total. The van der Waals surface area contributed by atoms with Crippen molar-refractivity contribution in [2.24, 2.45) is 17.6 Å². The van der Waals surface area contributed by atoms with Gasteiger partial charge in [-0.2, -0.15) is 0 Å². The fourth-order valence-electron chi connectivity index (χ4n) is 4.74. The highest BCUT2D eigenvalue weighted by Crippen LogP contribution is 2.47. The molecule has 4 amide bonds. The molecule has 5 atom stereocenters. The third-order valence-corrected chi connectivity index (χ3v) is 10.6. The van der Waals surface area contributed by atoms with Gasteiger partial charge in [-0.05, 0) is 102 Å². The molecular weight excluding hydrogens is 708 g/mol. The van der Waals surface area contributed by atoms with Gasteiger partial charge in [0.15, 0.2) is 11.1 Å². The first-order chi connectivity index (χ1) is 22.1. The van der Waals surface area contributed by atoms with Crippen molar-refractivity contribution < 1.29 is 32.3 Å². The van der Waals surface area contributed by atoms with Crippen molar-refractivity contribution in [2.45, 2.75) is 113 Å². The Hall–Kier alpha value is -2.42. The highest BCUT2D eigenvalue weighted by Gasteiger charge is 2.44. The Kier molecular flexibility index (Phi) is 14.8. The molecule has 0 radical (unpaired) electrons. The van der Waals surface area contributed by atoms with Crippen LogP contribution >= 0.6 is 27.9 Å². The van der Waals surface area contributed by atoms with Gasteiger partial charge in [-0.1, -0.05) is 47.8 Å². The lowest BCUT2D eigenvalue weighted by atomic mass is 10.2. The van der Waals surface area contributed by atoms with Crippen LogP contribution in [0.3, 0.4) is 0 Å². The molecule has 1 aromatic rings. The molecule has 3 aliphatic rings. The van der Waals surface area contributed by atoms with E-state index in [2.05, 4.69) is 52.0 Å². The largest absolute Gasteiger partial charge is 0.444 e. The number of ether oxygens (including phenoxy) is 1. The molecule has 4 rings (SSSR count). The predicted molar refractivity (Wildman–Crippen MR) is 187 cm³/mol. The Bertz CT molecular complexity index is 1300. The summed E-state index contributed by atoms with van der Waals surface area (Å²) in [5.74, 6) is -0.200. The van der Waals surface area contributed by atoms with E-state index in [-0.39, 0.29) is 31.3 Å². The van der Waals surface area contributed by atoms with E-state index in [9.17, 15) is 23.4 Å². The molecule has 1 aliphatic heterocycles. The maximum absolute atomic E-state index is 12.5. The van der Waals surface area contributed by atoms with Gasteiger partial charge in [-0.3, -0.25) is 23.3 Å². The Morgan fingerprint density at radius 2 is 1.83 bits per heavy atom. The van der Waals surface area contributed by atoms with Gasteiger partial charge in [-0.15, -0.1) is 0 Å². The van der Waals surface area contributed by atoms with Crippen LogP contribution in [0.4, 0.5) is 4.79 Å². The number of hydrogen-bond donors (Lipinski definition) is 3. The summed E-state index contributed by atoms with van der Waals surface area (Å²) in [5.41, 5.74) is 4.70. The normalized spacial score (nSPS) is 23.3. The van der Waals surface area contributed by atoms with Crippen molar-refractivity contribution in [3.8, 4) is 0 Å². The van der Waals surface area contributed by atoms with Crippen molar-refractivity contribution in [1.82, 2.24) is 14.9 Å². The van der Waals surface area contributed by atoms with Gasteiger partial charge >= 0.3 is 6.09 Å². The molecule has 0 spiro atoms. The molecule has 14 heteroatoms. The Morgan fingerprint density at radius 1 is 1.15 bits per heavy atom. The Labute approximate surface area is 293 Å². The van der Waals surface area contributed by atoms with Crippen molar-refractivity contribution in [3.05, 3.63) is 40.9 Å². The summed E-state index contributed by atoms with van der Waals surface area (Å²) in [6.45, 7) is 9.22. The first kappa shape index (κ1) is 39.0. The maximum Gasteiger partial charge on any atom is 0.408 e. The van der Waals surface area contributed by atoms with E-state index < -0.39 is 46.7 Å². The molecule has 2 saturated carbocycles. The molecule has 0 bridgehead atoms. The van der Waals surface area contributed by atoms with Crippen molar-refractivity contribution in [1.29, 1.82) is 0 Å². The summed E-state index contributed by atoms with van der Waals surface area (Å²) in [6, 6.07) is 5.85. The van der Waals surface area contributed by atoms with Gasteiger partial charge in [0.2, 0.25) is 17.7 Å². The van der Waals surface area contributed by atoms with Gasteiger partial charge in [0.05, 0.1) is 11.0 Å². The molecule has 262 valence electrons. The average Bonchev–Trinajstić information content (AvgIpc) is 3.90. The summed E-state index contributed by atoms with van der Waals surface area (Å²) < 4.78 is 27.2. The zero-order chi connectivity index (χ0) is 34.8. The number of primary amides is 1. The molecule has 3 fully saturated rings. The van der Waals surface area contributed by atoms with Gasteiger partial charge in [-0.25, -0.2) is 9.00 Å². The molecule has 4 unspecified atom stereocenters. The van der Waals surface area contributed by atoms with Crippen LogP contribution in [0.5, 0.6) is 0 Å². The van der Waals surface area contributed by atoms with Crippen LogP contribution in [0.15, 0.2) is 45.8 Å². The van der Waals surface area contributed by atoms with E-state index in [1.54, 1.807) is 57.0 Å². The first-order valence-electron chi connectivity index (χ1n) is 16.2. The summed E-state index contributed by atoms with van der Waals surface area (Å²) in [4.78, 5) is 49.5. The van der Waals surface area contributed by atoms with Crippen molar-refractivity contribution in [3.63, 3.8) is 0 Å². The molecule has 1 heterocycles. The third-order valence-electron chi connectivity index (χ3n) is 7.81. The highest BCUT2D eigenvalue weighted by atomic mass is 79.9. The van der Waals surface area contributed by atoms with Crippen LogP contribution in [0.2, 0.25) is 0 Å². The van der Waals surface area contributed by atoms with Crippen LogP contribution in [0.1, 0.15) is 86.0 Å². The lowest BCUT2D eigenvalue weighted by molar-refractivity contribution is -0.136. The minimum absolute atomic E-state index is 0.0324. The van der Waals surface area contributed by atoms with Crippen molar-refractivity contribution >= 4 is 62.8 Å². The number of unbranched alkanes of at least 4 members (excludes halogenated alkanes) is 3. The lowest BCUT2D eigenvalue weighted by Crippen LogP contribution is -2.48. The van der Waals surface area contributed by atoms with Crippen LogP contribution in [-0.4, -0.2) is 68.5 Å². The lowest BCUT2D eigenvalue weighted by Gasteiger charge is -2.23. The van der Waals surface area contributed by atoms with Crippen LogP contribution in [0, 0.1) is 11.8 Å². The van der Waals surface area contributed by atoms with Gasteiger partial charge in [0.1, 0.15) is 18.2 Å². The molecule has 2 aliphatic carbocycles. The Balaban J connectivity index is 0.000000284. The number of carbonyl (C=O) groups excluding carboxylic acids is 4. The number of carbonyl (C=O) groups is 4. The molecule has 1 aromatic carbocycles. The number of nitrogens with two attached hydrogens (primary N) is 1. The number of likely N-dealkylation sites (tertiary alicyclic amines) is 1. The quantitative estimate of drug-likeness (QED) is 0.127. The fourth-order valence-corrected chi connectivity index (χ4v) is 6.67. The maximum atomic E-state index is 12.5. The Morgan fingerprint density at radius 3 is 2.43 bits per heavy atom. The third kappa shape index (κ3) is 13.9. The number of benzene rings is 1. The van der Waals surface area contributed by atoms with Gasteiger partial charge in [0, 0.05) is 28.1 Å². The van der Waals surface area contributed by atoms with Crippen LogP contribution in [0.25, 0.3) is 0 Å². The van der Waals surface area contributed by atoms with Crippen molar-refractivity contribution in [2.75, 3.05) is 13.1 Å². The number of hydrogen-bond acceptors (Lipinski definition) is 8. The molecule has 47 heavy (non-hydrogen) atoms. The number of allylic oxidation sites excluding steroid dienone is 2. The second kappa shape index (κ2) is 17.8. The van der Waals surface area contributed by atoms with E-state index >= 15 is 0 Å². The van der Waals surface area contributed by atoms with Crippen LogP contribution in [-0.2, 0) is 34.4 Å². The minimum atomic E-state index is -1.76. The second-order valence-corrected chi connectivity index (χ2v) is 16.9. The zero-order valence-corrected chi connectivity index (χ0v) is 31.1. The number of amides is 4. The second-order valence-electron chi connectivity index (χ2n) is 13.4. The number of nitrogens with zero attached hydrogens (tertiary/aromatic N) is 1. The first-order valence-corrected chi connectivity index (χ1v) is 18.8. The van der Waals surface area contributed by atoms with Gasteiger partial charge in [0.25, 0.3) is 0 Å². The summed E-state index contributed by atoms with van der Waals surface area (Å²) in [6.07, 6.45) is 11.8. The minimum Gasteiger partial charge on any atom is -0.444 e. The van der Waals surface area contributed by atoms with E-state index in [1.165, 1.54) is 43.4 Å². The van der Waals surface area contributed by atoms with Gasteiger partial charge < -0.3 is 20.7 Å². The standard InChI is InChI=1S/C18H24BrN3O6S.C15H25NOS/c1-18(2,3)27-17(25)21-9-15(23)22-10-12(8-14(22)16(20)24)28-29(26)13-6-4-11(19)5-7-13;1-3-4-5-6-7-8-12-11-13(12)14(17)16-18-15(2)9-10-15/h4-7,12,14H,8-10H2,1-3H3,(H2,20,24)(H,21,25);7-8,12-13H,3-6,9-11H2,1-2H3,(H,16,17)/b;8-7-/t12?,14-,29?;/m0./s1. The smallest absolute Gasteiger partial charge is 0.408 e. The zero-order valence-electron chi connectivity index (χ0n) is 27.9. The molecule has 0 aromatic heterocycles. The summed E-state index contributed by atoms with van der Waals surface area (Å²) >= 11 is 3.17. The van der Waals surface area contributed by atoms with E-state index in [1.807, 2.05) is 0 Å². The van der Waals surface area contributed by atoms with E-state index in [4.69, 9.17) is 14.7 Å². The number of halogens is 1. The predicted octanol–water partition coefficient (Wildman–Crippen LogP) is 5.54. The number of nitrogens with one attached hydrogen (secondary N) is 2. The SMILES string of the molecule is CC(C)(C)OC(=O)NCC(=O)N1CC(OS(=O)c2ccc(Br)cc2)C[C@H]1C(N)=O.CCCCC/C=C\C1CC1C(=O)NSC1(C)CC1.